The lowest BCUT2D eigenvalue weighted by Crippen LogP contribution is -1.95. The highest BCUT2D eigenvalue weighted by Gasteiger charge is 2.17. The van der Waals surface area contributed by atoms with Gasteiger partial charge in [0.2, 0.25) is 0 Å². The molecule has 5 heteroatoms. The van der Waals surface area contributed by atoms with Crippen LogP contribution in [0, 0.1) is 0 Å². The van der Waals surface area contributed by atoms with Crippen molar-refractivity contribution in [2.45, 2.75) is 4.83 Å². The number of hydrogen-bond acceptors (Lipinski definition) is 2. The molecule has 0 aliphatic heterocycles. The van der Waals surface area contributed by atoms with Gasteiger partial charge >= 0.3 is 0 Å². The van der Waals surface area contributed by atoms with Crippen LogP contribution >= 0.6 is 50.5 Å². The van der Waals surface area contributed by atoms with E-state index in [0.717, 1.165) is 20.5 Å². The van der Waals surface area contributed by atoms with Crippen LogP contribution in [0.5, 0.6) is 5.75 Å². The second kappa shape index (κ2) is 5.61. The van der Waals surface area contributed by atoms with Gasteiger partial charge in [0.1, 0.15) is 5.75 Å². The van der Waals surface area contributed by atoms with Crippen LogP contribution < -0.4 is 4.74 Å². The molecule has 1 unspecified atom stereocenters. The zero-order valence-electron chi connectivity index (χ0n) is 8.91. The largest absolute Gasteiger partial charge is 0.496 e. The molecule has 0 fully saturated rings. The minimum atomic E-state index is 0.0622. The summed E-state index contributed by atoms with van der Waals surface area (Å²) in [7, 11) is 1.64. The molecule has 1 nitrogen and oxygen atoms in total. The van der Waals surface area contributed by atoms with Crippen LogP contribution in [0.1, 0.15) is 15.3 Å². The van der Waals surface area contributed by atoms with E-state index in [4.69, 9.17) is 27.9 Å². The van der Waals surface area contributed by atoms with Gasteiger partial charge in [-0.15, -0.1) is 11.3 Å². The molecule has 1 aromatic heterocycles. The van der Waals surface area contributed by atoms with Crippen molar-refractivity contribution in [2.24, 2.45) is 0 Å². The fraction of sp³-hybridized carbons (Fsp3) is 0.167. The summed E-state index contributed by atoms with van der Waals surface area (Å²) in [6.07, 6.45) is 0. The van der Waals surface area contributed by atoms with Crippen LogP contribution in [0.2, 0.25) is 9.36 Å². The Balaban J connectivity index is 2.39. The number of halogens is 3. The number of benzene rings is 1. The third kappa shape index (κ3) is 2.97. The molecule has 0 aliphatic rings. The average Bonchev–Trinajstić information content (AvgIpc) is 2.75. The summed E-state index contributed by atoms with van der Waals surface area (Å²) in [6.45, 7) is 0. The number of alkyl halides is 1. The van der Waals surface area contributed by atoms with E-state index in [9.17, 15) is 0 Å². The fourth-order valence-corrected chi connectivity index (χ4v) is 3.54. The quantitative estimate of drug-likeness (QED) is 0.659. The standard InChI is InChI=1S/C12H9BrCl2OS/c1-16-9-6-7(14)2-3-8(9)12(13)10-4-5-11(15)17-10/h2-6,12H,1H3. The first kappa shape index (κ1) is 13.2. The van der Waals surface area contributed by atoms with Gasteiger partial charge in [0.05, 0.1) is 16.3 Å². The molecule has 0 radical (unpaired) electrons. The van der Waals surface area contributed by atoms with E-state index in [-0.39, 0.29) is 4.83 Å². The summed E-state index contributed by atoms with van der Waals surface area (Å²) < 4.78 is 6.11. The average molecular weight is 352 g/mol. The van der Waals surface area contributed by atoms with Gasteiger partial charge in [-0.3, -0.25) is 0 Å². The summed E-state index contributed by atoms with van der Waals surface area (Å²) in [6, 6.07) is 9.50. The van der Waals surface area contributed by atoms with Crippen molar-refractivity contribution in [1.29, 1.82) is 0 Å². The summed E-state index contributed by atoms with van der Waals surface area (Å²) in [5.74, 6) is 0.767. The lowest BCUT2D eigenvalue weighted by atomic mass is 10.1. The lowest BCUT2D eigenvalue weighted by Gasteiger charge is -2.13. The van der Waals surface area contributed by atoms with Crippen molar-refractivity contribution in [3.05, 3.63) is 50.1 Å². The fourth-order valence-electron chi connectivity index (χ4n) is 1.51. The highest BCUT2D eigenvalue weighted by Crippen LogP contribution is 2.41. The molecule has 0 bridgehead atoms. The van der Waals surface area contributed by atoms with E-state index >= 15 is 0 Å². The van der Waals surface area contributed by atoms with Gasteiger partial charge in [-0.2, -0.15) is 0 Å². The molecule has 2 rings (SSSR count). The molecule has 17 heavy (non-hydrogen) atoms. The molecule has 0 saturated carbocycles. The first-order chi connectivity index (χ1) is 8.11. The smallest absolute Gasteiger partial charge is 0.125 e. The van der Waals surface area contributed by atoms with Crippen molar-refractivity contribution in [3.8, 4) is 5.75 Å². The highest BCUT2D eigenvalue weighted by atomic mass is 79.9. The Morgan fingerprint density at radius 3 is 2.59 bits per heavy atom. The first-order valence-electron chi connectivity index (χ1n) is 4.84. The van der Waals surface area contributed by atoms with Crippen LogP contribution in [0.25, 0.3) is 0 Å². The maximum absolute atomic E-state index is 5.94. The van der Waals surface area contributed by atoms with Crippen LogP contribution in [0.3, 0.4) is 0 Å². The Morgan fingerprint density at radius 2 is 2.00 bits per heavy atom. The van der Waals surface area contributed by atoms with Crippen molar-refractivity contribution in [2.75, 3.05) is 7.11 Å². The SMILES string of the molecule is COc1cc(Cl)ccc1C(Br)c1ccc(Cl)s1. The minimum absolute atomic E-state index is 0.0622. The van der Waals surface area contributed by atoms with Crippen LogP contribution in [-0.4, -0.2) is 7.11 Å². The highest BCUT2D eigenvalue weighted by molar-refractivity contribution is 9.09. The topological polar surface area (TPSA) is 9.23 Å². The van der Waals surface area contributed by atoms with E-state index in [1.54, 1.807) is 24.5 Å². The van der Waals surface area contributed by atoms with Crippen molar-refractivity contribution < 1.29 is 4.74 Å². The predicted octanol–water partition coefficient (Wildman–Crippen LogP) is 5.55. The van der Waals surface area contributed by atoms with Gasteiger partial charge in [0.25, 0.3) is 0 Å². The van der Waals surface area contributed by atoms with Crippen LogP contribution in [0.4, 0.5) is 0 Å². The number of hydrogen-bond donors (Lipinski definition) is 0. The second-order valence-electron chi connectivity index (χ2n) is 3.39. The summed E-state index contributed by atoms with van der Waals surface area (Å²) in [5, 5.41) is 0.662. The molecule has 1 heterocycles. The number of rotatable bonds is 3. The summed E-state index contributed by atoms with van der Waals surface area (Å²) in [5.41, 5.74) is 1.04. The molecule has 0 spiro atoms. The van der Waals surface area contributed by atoms with Crippen molar-refractivity contribution in [1.82, 2.24) is 0 Å². The molecule has 0 aliphatic carbocycles. The molecule has 0 amide bonds. The monoisotopic (exact) mass is 350 g/mol. The van der Waals surface area contributed by atoms with Gasteiger partial charge in [-0.05, 0) is 24.3 Å². The van der Waals surface area contributed by atoms with Gasteiger partial charge in [0.15, 0.2) is 0 Å². The van der Waals surface area contributed by atoms with E-state index in [2.05, 4.69) is 15.9 Å². The number of ether oxygens (including phenoxy) is 1. The summed E-state index contributed by atoms with van der Waals surface area (Å²) >= 11 is 17.1. The molecule has 90 valence electrons. The number of methoxy groups -OCH3 is 1. The maximum Gasteiger partial charge on any atom is 0.125 e. The Labute approximate surface area is 122 Å². The van der Waals surface area contributed by atoms with Crippen molar-refractivity contribution in [3.63, 3.8) is 0 Å². The second-order valence-corrected chi connectivity index (χ2v) is 6.49. The van der Waals surface area contributed by atoms with Gasteiger partial charge in [-0.25, -0.2) is 0 Å². The molecule has 1 atom stereocenters. The summed E-state index contributed by atoms with van der Waals surface area (Å²) in [4.78, 5) is 1.20. The number of thiophene rings is 1. The Hall–Kier alpha value is -0.220. The molecule has 0 saturated heterocycles. The predicted molar refractivity (Wildman–Crippen MR) is 78.1 cm³/mol. The Bertz CT molecular complexity index is 527. The van der Waals surface area contributed by atoms with E-state index in [1.807, 2.05) is 24.3 Å². The van der Waals surface area contributed by atoms with Gasteiger partial charge in [0, 0.05) is 15.5 Å². The molecular weight excluding hydrogens is 343 g/mol. The minimum Gasteiger partial charge on any atom is -0.496 e. The normalized spacial score (nSPS) is 12.5. The Morgan fingerprint density at radius 1 is 1.24 bits per heavy atom. The maximum atomic E-state index is 5.94. The molecular formula is C12H9BrCl2OS. The third-order valence-corrected chi connectivity index (χ3v) is 5.13. The van der Waals surface area contributed by atoms with Crippen LogP contribution in [-0.2, 0) is 0 Å². The third-order valence-electron chi connectivity index (χ3n) is 2.31. The first-order valence-corrected chi connectivity index (χ1v) is 7.33. The lowest BCUT2D eigenvalue weighted by molar-refractivity contribution is 0.410. The van der Waals surface area contributed by atoms with Crippen LogP contribution in [0.15, 0.2) is 30.3 Å². The van der Waals surface area contributed by atoms with E-state index < -0.39 is 0 Å². The van der Waals surface area contributed by atoms with E-state index in [0.29, 0.717) is 5.02 Å². The zero-order valence-corrected chi connectivity index (χ0v) is 12.8. The molecule has 0 N–H and O–H groups in total. The van der Waals surface area contributed by atoms with E-state index in [1.165, 1.54) is 0 Å². The van der Waals surface area contributed by atoms with Gasteiger partial charge in [-0.1, -0.05) is 45.2 Å². The molecule has 2 aromatic rings. The van der Waals surface area contributed by atoms with Crippen molar-refractivity contribution >= 4 is 50.5 Å². The van der Waals surface area contributed by atoms with Gasteiger partial charge < -0.3 is 4.74 Å². The zero-order chi connectivity index (χ0) is 12.4. The Kier molecular flexibility index (Phi) is 4.36. The molecule has 1 aromatic carbocycles.